The SMILES string of the molecule is CCO[C@@H]1O[C@H](COCCCCCN2C(=O)c3ccccc3C2=O)[C@@H](OCc2ccccc2)[C@H](OCc2ccccc2)[C@]1(O)c1cn(S(=O)(=O)c2ccccc2)c2ccccc12. The maximum absolute atomic E-state index is 14.3. The lowest BCUT2D eigenvalue weighted by atomic mass is 9.80. The average Bonchev–Trinajstić information content (AvgIpc) is 3.82. The summed E-state index contributed by atoms with van der Waals surface area (Å²) >= 11 is 0. The fourth-order valence-electron chi connectivity index (χ4n) is 8.26. The number of ether oxygens (including phenoxy) is 5. The lowest BCUT2D eigenvalue weighted by Gasteiger charge is -2.51. The summed E-state index contributed by atoms with van der Waals surface area (Å²) in [4.78, 5) is 27.1. The van der Waals surface area contributed by atoms with Gasteiger partial charge in [-0.3, -0.25) is 14.5 Å². The highest BCUT2D eigenvalue weighted by molar-refractivity contribution is 7.90. The molecule has 1 N–H and O–H groups in total. The molecule has 1 saturated heterocycles. The van der Waals surface area contributed by atoms with E-state index in [1.165, 1.54) is 27.2 Å². The van der Waals surface area contributed by atoms with Gasteiger partial charge in [0.25, 0.3) is 21.8 Å². The Morgan fingerprint density at radius 3 is 1.92 bits per heavy atom. The predicted molar refractivity (Wildman–Crippen MR) is 232 cm³/mol. The molecule has 12 nitrogen and oxygen atoms in total. The van der Waals surface area contributed by atoms with Gasteiger partial charge in [0.2, 0.25) is 0 Å². The van der Waals surface area contributed by atoms with Crippen molar-refractivity contribution in [2.75, 3.05) is 26.4 Å². The van der Waals surface area contributed by atoms with E-state index in [9.17, 15) is 23.1 Å². The summed E-state index contributed by atoms with van der Waals surface area (Å²) in [6, 6.07) is 41.2. The van der Waals surface area contributed by atoms with Gasteiger partial charge in [0.05, 0.1) is 41.4 Å². The molecule has 8 rings (SSSR count). The van der Waals surface area contributed by atoms with Crippen LogP contribution in [0.2, 0.25) is 0 Å². The second-order valence-corrected chi connectivity index (χ2v) is 17.2. The quantitative estimate of drug-likeness (QED) is 0.0644. The van der Waals surface area contributed by atoms with E-state index in [0.29, 0.717) is 54.4 Å². The van der Waals surface area contributed by atoms with Crippen molar-refractivity contribution in [2.45, 2.75) is 74.5 Å². The molecular weight excluding hydrogens is 809 g/mol. The minimum Gasteiger partial charge on any atom is -0.379 e. The Morgan fingerprint density at radius 2 is 1.27 bits per heavy atom. The van der Waals surface area contributed by atoms with E-state index in [1.54, 1.807) is 73.7 Å². The average molecular weight is 859 g/mol. The zero-order valence-electron chi connectivity index (χ0n) is 34.5. The van der Waals surface area contributed by atoms with Gasteiger partial charge < -0.3 is 28.8 Å². The Kier molecular flexibility index (Phi) is 13.4. The third-order valence-corrected chi connectivity index (χ3v) is 13.1. The fraction of sp³-hybridized carbons (Fsp3) is 0.306. The van der Waals surface area contributed by atoms with Gasteiger partial charge in [-0.05, 0) is 67.6 Å². The third kappa shape index (κ3) is 8.75. The van der Waals surface area contributed by atoms with E-state index < -0.39 is 40.2 Å². The van der Waals surface area contributed by atoms with Crippen LogP contribution in [0.4, 0.5) is 0 Å². The van der Waals surface area contributed by atoms with Crippen LogP contribution in [0.3, 0.4) is 0 Å². The van der Waals surface area contributed by atoms with Crippen molar-refractivity contribution in [3.63, 3.8) is 0 Å². The molecule has 2 aliphatic heterocycles. The molecule has 0 aliphatic carbocycles. The number of hydrogen-bond donors (Lipinski definition) is 1. The lowest BCUT2D eigenvalue weighted by Crippen LogP contribution is -2.66. The molecule has 6 aromatic rings. The first-order valence-electron chi connectivity index (χ1n) is 21.0. The van der Waals surface area contributed by atoms with Crippen LogP contribution in [-0.4, -0.2) is 85.2 Å². The summed E-state index contributed by atoms with van der Waals surface area (Å²) in [6.45, 7) is 2.87. The minimum atomic E-state index is -4.13. The summed E-state index contributed by atoms with van der Waals surface area (Å²) in [6.07, 6.45) is -0.895. The molecule has 62 heavy (non-hydrogen) atoms. The number of rotatable bonds is 19. The Labute approximate surface area is 361 Å². The van der Waals surface area contributed by atoms with Crippen LogP contribution in [0.1, 0.15) is 63.6 Å². The predicted octanol–water partition coefficient (Wildman–Crippen LogP) is 7.48. The van der Waals surface area contributed by atoms with Gasteiger partial charge in [0, 0.05) is 36.9 Å². The number of para-hydroxylation sites is 1. The number of fused-ring (bicyclic) bond motifs is 2. The van der Waals surface area contributed by atoms with E-state index in [-0.39, 0.29) is 48.7 Å². The number of unbranched alkanes of at least 4 members (excludes halogenated alkanes) is 2. The van der Waals surface area contributed by atoms with E-state index >= 15 is 0 Å². The van der Waals surface area contributed by atoms with Crippen molar-refractivity contribution < 1.29 is 46.8 Å². The summed E-state index contributed by atoms with van der Waals surface area (Å²) in [5.41, 5.74) is 1.06. The Bertz CT molecular complexity index is 2530. The zero-order chi connectivity index (χ0) is 43.1. The largest absolute Gasteiger partial charge is 0.379 e. The van der Waals surface area contributed by atoms with Crippen molar-refractivity contribution in [1.29, 1.82) is 0 Å². The summed E-state index contributed by atoms with van der Waals surface area (Å²) in [7, 11) is -4.13. The van der Waals surface area contributed by atoms with E-state index in [2.05, 4.69) is 0 Å². The van der Waals surface area contributed by atoms with Crippen molar-refractivity contribution in [3.8, 4) is 0 Å². The van der Waals surface area contributed by atoms with Gasteiger partial charge in [-0.2, -0.15) is 0 Å². The Morgan fingerprint density at radius 1 is 0.694 bits per heavy atom. The van der Waals surface area contributed by atoms with Crippen LogP contribution in [-0.2, 0) is 52.5 Å². The number of hydrogen-bond acceptors (Lipinski definition) is 10. The van der Waals surface area contributed by atoms with Crippen molar-refractivity contribution in [3.05, 3.63) is 174 Å². The first kappa shape index (κ1) is 43.2. The highest BCUT2D eigenvalue weighted by atomic mass is 32.2. The first-order valence-corrected chi connectivity index (χ1v) is 22.4. The van der Waals surface area contributed by atoms with Gasteiger partial charge in [-0.1, -0.05) is 109 Å². The molecule has 1 aromatic heterocycles. The first-order chi connectivity index (χ1) is 30.2. The van der Waals surface area contributed by atoms with Crippen molar-refractivity contribution in [1.82, 2.24) is 8.87 Å². The lowest BCUT2D eigenvalue weighted by molar-refractivity contribution is -0.360. The number of aliphatic hydroxyl groups is 1. The molecule has 322 valence electrons. The molecule has 0 unspecified atom stereocenters. The molecule has 0 bridgehead atoms. The Hall–Kier alpha value is -5.51. The number of amides is 2. The van der Waals surface area contributed by atoms with Gasteiger partial charge >= 0.3 is 0 Å². The van der Waals surface area contributed by atoms with Crippen LogP contribution in [0, 0.1) is 0 Å². The van der Waals surface area contributed by atoms with Gasteiger partial charge in [0.15, 0.2) is 11.9 Å². The van der Waals surface area contributed by atoms with E-state index in [4.69, 9.17) is 23.7 Å². The molecular formula is C49H50N2O10S. The second kappa shape index (κ2) is 19.3. The monoisotopic (exact) mass is 858 g/mol. The maximum atomic E-state index is 14.3. The number of benzene rings is 5. The van der Waals surface area contributed by atoms with Gasteiger partial charge in [0.1, 0.15) is 18.3 Å². The number of carbonyl (C=O) groups is 2. The van der Waals surface area contributed by atoms with Crippen molar-refractivity contribution >= 4 is 32.7 Å². The highest BCUT2D eigenvalue weighted by Crippen LogP contribution is 2.46. The number of aromatic nitrogens is 1. The third-order valence-electron chi connectivity index (χ3n) is 11.4. The molecule has 5 aromatic carbocycles. The topological polar surface area (TPSA) is 143 Å². The summed E-state index contributed by atoms with van der Waals surface area (Å²) < 4.78 is 62.6. The number of carbonyl (C=O) groups excluding carboxylic acids is 2. The van der Waals surface area contributed by atoms with Crippen LogP contribution >= 0.6 is 0 Å². The molecule has 13 heteroatoms. The fourth-order valence-corrected chi connectivity index (χ4v) is 9.65. The van der Waals surface area contributed by atoms with Gasteiger partial charge in [-0.15, -0.1) is 0 Å². The Balaban J connectivity index is 1.09. The van der Waals surface area contributed by atoms with Crippen LogP contribution in [0.15, 0.2) is 151 Å². The molecule has 0 saturated carbocycles. The molecule has 0 spiro atoms. The summed E-state index contributed by atoms with van der Waals surface area (Å²) in [5.74, 6) is -0.541. The molecule has 0 radical (unpaired) electrons. The van der Waals surface area contributed by atoms with Crippen LogP contribution < -0.4 is 0 Å². The molecule has 3 heterocycles. The van der Waals surface area contributed by atoms with E-state index in [0.717, 1.165) is 11.1 Å². The molecule has 2 amide bonds. The standard InChI is InChI=1S/C49H50N2O10S/c1-2-58-48-49(54,41-31-51(42-28-16-15-27-40(41)42)62(55,56)37-23-11-5-12-24-37)45(60-33-36-21-9-4-10-22-36)44(59-32-35-19-7-3-8-20-35)43(61-48)34-57-30-18-6-17-29-50-46(52)38-25-13-14-26-39(38)47(50)53/h3-5,7-16,19-28,31,43-45,48,54H,2,6,17-18,29-30,32-34H2,1H3/t43-,44-,45+,48-,49-/m1/s1. The normalized spacial score (nSPS) is 21.4. The van der Waals surface area contributed by atoms with Crippen LogP contribution in [0.5, 0.6) is 0 Å². The highest BCUT2D eigenvalue weighted by Gasteiger charge is 2.60. The van der Waals surface area contributed by atoms with Crippen molar-refractivity contribution in [2.24, 2.45) is 0 Å². The maximum Gasteiger partial charge on any atom is 0.268 e. The number of nitrogens with zero attached hydrogens (tertiary/aromatic N) is 2. The molecule has 5 atom stereocenters. The summed E-state index contributed by atoms with van der Waals surface area (Å²) in [5, 5.41) is 14.0. The minimum absolute atomic E-state index is 0.0485. The van der Waals surface area contributed by atoms with Gasteiger partial charge in [-0.25, -0.2) is 12.4 Å². The molecule has 2 aliphatic rings. The van der Waals surface area contributed by atoms with Crippen LogP contribution in [0.25, 0.3) is 10.9 Å². The number of imide groups is 1. The smallest absolute Gasteiger partial charge is 0.268 e. The molecule has 1 fully saturated rings. The second-order valence-electron chi connectivity index (χ2n) is 15.4. The van der Waals surface area contributed by atoms with E-state index in [1.807, 2.05) is 60.7 Å². The zero-order valence-corrected chi connectivity index (χ0v) is 35.3.